The summed E-state index contributed by atoms with van der Waals surface area (Å²) in [5.74, 6) is -1.03. The number of para-hydroxylation sites is 1. The van der Waals surface area contributed by atoms with Crippen LogP contribution >= 0.6 is 27.3 Å². The van der Waals surface area contributed by atoms with Gasteiger partial charge in [0, 0.05) is 16.9 Å². The van der Waals surface area contributed by atoms with E-state index < -0.39 is 11.7 Å². The van der Waals surface area contributed by atoms with Crippen molar-refractivity contribution < 1.29 is 9.18 Å². The van der Waals surface area contributed by atoms with Crippen LogP contribution in [0.3, 0.4) is 0 Å². The van der Waals surface area contributed by atoms with Gasteiger partial charge in [0.15, 0.2) is 0 Å². The Balaban J connectivity index is 2.00. The summed E-state index contributed by atoms with van der Waals surface area (Å²) in [4.78, 5) is 21.3. The van der Waals surface area contributed by atoms with Gasteiger partial charge in [0.25, 0.3) is 5.91 Å². The van der Waals surface area contributed by atoms with Gasteiger partial charge >= 0.3 is 0 Å². The molecule has 21 heavy (non-hydrogen) atoms. The third-order valence-corrected chi connectivity index (χ3v) is 4.53. The molecule has 3 N–H and O–H groups in total. The standard InChI is InChI=1S/C13H8BrFN4OS/c14-6-2-1-3-7(15)9(6)19-12(20)11-8(16)10-13(21-11)18-5-4-17-10/h1-5H,16H2,(H,19,20). The highest BCUT2D eigenvalue weighted by Crippen LogP contribution is 2.32. The van der Waals surface area contributed by atoms with Crippen LogP contribution in [-0.4, -0.2) is 15.9 Å². The Morgan fingerprint density at radius 3 is 2.81 bits per heavy atom. The smallest absolute Gasteiger partial charge is 0.268 e. The number of anilines is 2. The first kappa shape index (κ1) is 13.9. The van der Waals surface area contributed by atoms with Crippen LogP contribution in [0, 0.1) is 5.82 Å². The van der Waals surface area contributed by atoms with Crippen LogP contribution in [-0.2, 0) is 0 Å². The molecule has 0 aliphatic heterocycles. The zero-order valence-electron chi connectivity index (χ0n) is 10.4. The number of nitrogen functional groups attached to an aromatic ring is 1. The minimum Gasteiger partial charge on any atom is -0.396 e. The zero-order valence-corrected chi connectivity index (χ0v) is 12.8. The Labute approximate surface area is 131 Å². The van der Waals surface area contributed by atoms with E-state index in [0.29, 0.717) is 14.8 Å². The van der Waals surface area contributed by atoms with Gasteiger partial charge in [-0.3, -0.25) is 4.79 Å². The molecule has 2 aromatic heterocycles. The molecule has 1 aromatic carbocycles. The SMILES string of the molecule is Nc1c(C(=O)Nc2c(F)cccc2Br)sc2nccnc12. The molecule has 3 rings (SSSR count). The van der Waals surface area contributed by atoms with E-state index in [1.165, 1.54) is 24.5 Å². The number of carbonyl (C=O) groups is 1. The summed E-state index contributed by atoms with van der Waals surface area (Å²) in [6.07, 6.45) is 3.02. The molecule has 0 atom stereocenters. The van der Waals surface area contributed by atoms with E-state index in [2.05, 4.69) is 31.2 Å². The third kappa shape index (κ3) is 2.47. The summed E-state index contributed by atoms with van der Waals surface area (Å²) in [5, 5.41) is 2.51. The first-order valence-electron chi connectivity index (χ1n) is 5.82. The first-order valence-corrected chi connectivity index (χ1v) is 7.43. The number of nitrogens with zero attached hydrogens (tertiary/aromatic N) is 2. The number of aromatic nitrogens is 2. The minimum atomic E-state index is -0.534. The Kier molecular flexibility index (Phi) is 3.56. The summed E-state index contributed by atoms with van der Waals surface area (Å²) >= 11 is 4.31. The zero-order chi connectivity index (χ0) is 15.0. The van der Waals surface area contributed by atoms with Crippen molar-refractivity contribution in [1.29, 1.82) is 0 Å². The number of fused-ring (bicyclic) bond motifs is 1. The average molecular weight is 367 g/mol. The predicted octanol–water partition coefficient (Wildman–Crippen LogP) is 3.43. The van der Waals surface area contributed by atoms with E-state index >= 15 is 0 Å². The van der Waals surface area contributed by atoms with Crippen molar-refractivity contribution in [3.8, 4) is 0 Å². The summed E-state index contributed by atoms with van der Waals surface area (Å²) in [6.45, 7) is 0. The van der Waals surface area contributed by atoms with Crippen molar-refractivity contribution in [3.63, 3.8) is 0 Å². The topological polar surface area (TPSA) is 80.9 Å². The second kappa shape index (κ2) is 5.38. The van der Waals surface area contributed by atoms with Gasteiger partial charge in [-0.05, 0) is 28.1 Å². The molecule has 0 aliphatic rings. The van der Waals surface area contributed by atoms with Crippen molar-refractivity contribution >= 4 is 54.9 Å². The van der Waals surface area contributed by atoms with Gasteiger partial charge in [-0.15, -0.1) is 11.3 Å². The van der Waals surface area contributed by atoms with E-state index in [1.807, 2.05) is 0 Å². The average Bonchev–Trinajstić information content (AvgIpc) is 2.81. The Hall–Kier alpha value is -2.06. The quantitative estimate of drug-likeness (QED) is 0.727. The maximum atomic E-state index is 13.7. The molecule has 0 bridgehead atoms. The lowest BCUT2D eigenvalue weighted by molar-refractivity contribution is 0.103. The van der Waals surface area contributed by atoms with E-state index in [9.17, 15) is 9.18 Å². The van der Waals surface area contributed by atoms with Crippen molar-refractivity contribution in [2.45, 2.75) is 0 Å². The fourth-order valence-corrected chi connectivity index (χ4v) is 3.16. The second-order valence-corrected chi connectivity index (χ2v) is 5.96. The van der Waals surface area contributed by atoms with E-state index in [0.717, 1.165) is 11.3 Å². The maximum absolute atomic E-state index is 13.7. The number of amides is 1. The summed E-state index contributed by atoms with van der Waals surface area (Å²) < 4.78 is 14.2. The van der Waals surface area contributed by atoms with Gasteiger partial charge in [0.05, 0.1) is 11.4 Å². The monoisotopic (exact) mass is 366 g/mol. The maximum Gasteiger partial charge on any atom is 0.268 e. The van der Waals surface area contributed by atoms with Crippen LogP contribution < -0.4 is 11.1 Å². The number of nitrogens with two attached hydrogens (primary N) is 1. The van der Waals surface area contributed by atoms with Gasteiger partial charge in [-0.1, -0.05) is 6.07 Å². The molecule has 1 amide bonds. The van der Waals surface area contributed by atoms with Gasteiger partial charge in [-0.25, -0.2) is 14.4 Å². The van der Waals surface area contributed by atoms with Crippen LogP contribution in [0.5, 0.6) is 0 Å². The largest absolute Gasteiger partial charge is 0.396 e. The minimum absolute atomic E-state index is 0.0697. The fraction of sp³-hybridized carbons (Fsp3) is 0. The van der Waals surface area contributed by atoms with Crippen LogP contribution in [0.1, 0.15) is 9.67 Å². The highest BCUT2D eigenvalue weighted by molar-refractivity contribution is 9.10. The van der Waals surface area contributed by atoms with Gasteiger partial charge in [0.2, 0.25) is 0 Å². The normalized spacial score (nSPS) is 10.8. The van der Waals surface area contributed by atoms with Crippen molar-refractivity contribution in [2.75, 3.05) is 11.1 Å². The molecule has 0 saturated heterocycles. The molecule has 0 radical (unpaired) electrons. The number of halogens is 2. The molecule has 0 unspecified atom stereocenters. The van der Waals surface area contributed by atoms with Crippen molar-refractivity contribution in [3.05, 3.63) is 45.8 Å². The number of hydrogen-bond acceptors (Lipinski definition) is 5. The van der Waals surface area contributed by atoms with E-state index in [4.69, 9.17) is 5.73 Å². The van der Waals surface area contributed by atoms with Gasteiger partial charge in [0.1, 0.15) is 21.0 Å². The highest BCUT2D eigenvalue weighted by Gasteiger charge is 2.19. The van der Waals surface area contributed by atoms with Crippen LogP contribution in [0.15, 0.2) is 35.1 Å². The molecule has 3 aromatic rings. The molecule has 0 fully saturated rings. The molecule has 106 valence electrons. The summed E-state index contributed by atoms with van der Waals surface area (Å²) in [6, 6.07) is 4.44. The lowest BCUT2D eigenvalue weighted by atomic mass is 10.3. The number of carbonyl (C=O) groups excluding carboxylic acids is 1. The number of hydrogen-bond donors (Lipinski definition) is 2. The van der Waals surface area contributed by atoms with Crippen LogP contribution in [0.4, 0.5) is 15.8 Å². The number of rotatable bonds is 2. The predicted molar refractivity (Wildman–Crippen MR) is 83.9 cm³/mol. The van der Waals surface area contributed by atoms with E-state index in [1.54, 1.807) is 6.07 Å². The van der Waals surface area contributed by atoms with Gasteiger partial charge in [-0.2, -0.15) is 0 Å². The molecular weight excluding hydrogens is 359 g/mol. The van der Waals surface area contributed by atoms with Crippen molar-refractivity contribution in [1.82, 2.24) is 9.97 Å². The molecule has 8 heteroatoms. The van der Waals surface area contributed by atoms with Crippen molar-refractivity contribution in [2.24, 2.45) is 0 Å². The van der Waals surface area contributed by atoms with Gasteiger partial charge < -0.3 is 11.1 Å². The molecule has 5 nitrogen and oxygen atoms in total. The molecule has 0 spiro atoms. The fourth-order valence-electron chi connectivity index (χ4n) is 1.80. The molecule has 0 aliphatic carbocycles. The Morgan fingerprint density at radius 1 is 1.33 bits per heavy atom. The Bertz CT molecular complexity index is 831. The summed E-state index contributed by atoms with van der Waals surface area (Å²) in [5.41, 5.74) is 6.70. The second-order valence-electron chi connectivity index (χ2n) is 4.11. The highest BCUT2D eigenvalue weighted by atomic mass is 79.9. The summed E-state index contributed by atoms with van der Waals surface area (Å²) in [7, 11) is 0. The molecular formula is C13H8BrFN4OS. The number of benzene rings is 1. The first-order chi connectivity index (χ1) is 10.1. The van der Waals surface area contributed by atoms with Crippen LogP contribution in [0.25, 0.3) is 10.3 Å². The van der Waals surface area contributed by atoms with E-state index in [-0.39, 0.29) is 16.3 Å². The van der Waals surface area contributed by atoms with Crippen LogP contribution in [0.2, 0.25) is 0 Å². The molecule has 2 heterocycles. The molecule has 0 saturated carbocycles. The lowest BCUT2D eigenvalue weighted by Crippen LogP contribution is -2.13. The number of nitrogens with one attached hydrogen (secondary N) is 1. The number of thiophene rings is 1. The Morgan fingerprint density at radius 2 is 2.10 bits per heavy atom. The lowest BCUT2D eigenvalue weighted by Gasteiger charge is -2.07. The third-order valence-electron chi connectivity index (χ3n) is 2.77.